The number of fused-ring (bicyclic) bond motifs is 1. The number of benzene rings is 2. The molecular formula is C18H15ClN2O3. The molecule has 0 saturated heterocycles. The van der Waals surface area contributed by atoms with E-state index in [1.807, 2.05) is 13.8 Å². The summed E-state index contributed by atoms with van der Waals surface area (Å²) < 4.78 is 0. The third-order valence-corrected chi connectivity index (χ3v) is 4.14. The van der Waals surface area contributed by atoms with E-state index in [1.54, 1.807) is 36.4 Å². The molecule has 0 unspecified atom stereocenters. The predicted octanol–water partition coefficient (Wildman–Crippen LogP) is 3.19. The molecule has 0 saturated carbocycles. The van der Waals surface area contributed by atoms with Crippen molar-refractivity contribution in [2.45, 2.75) is 13.8 Å². The lowest BCUT2D eigenvalue weighted by molar-refractivity contribution is -0.116. The van der Waals surface area contributed by atoms with E-state index in [1.165, 1.54) is 0 Å². The van der Waals surface area contributed by atoms with Crippen molar-refractivity contribution in [3.8, 4) is 0 Å². The summed E-state index contributed by atoms with van der Waals surface area (Å²) in [6.45, 7) is 3.34. The Kier molecular flexibility index (Phi) is 4.11. The van der Waals surface area contributed by atoms with Crippen molar-refractivity contribution in [3.63, 3.8) is 0 Å². The second-order valence-corrected chi connectivity index (χ2v) is 6.19. The number of imide groups is 1. The molecule has 6 heteroatoms. The minimum absolute atomic E-state index is 0.331. The Morgan fingerprint density at radius 2 is 1.75 bits per heavy atom. The fourth-order valence-electron chi connectivity index (χ4n) is 2.61. The first-order valence-electron chi connectivity index (χ1n) is 7.39. The average Bonchev–Trinajstić information content (AvgIpc) is 2.75. The van der Waals surface area contributed by atoms with Crippen LogP contribution in [0, 0.1) is 13.8 Å². The lowest BCUT2D eigenvalue weighted by atomic mass is 10.1. The molecule has 122 valence electrons. The van der Waals surface area contributed by atoms with Gasteiger partial charge in [-0.3, -0.25) is 19.3 Å². The Hall–Kier alpha value is -2.66. The number of amides is 3. The summed E-state index contributed by atoms with van der Waals surface area (Å²) in [7, 11) is 0. The standard InChI is InChI=1S/C18H15ClN2O3/c1-10-3-6-13-14(7-10)18(24)21(17(13)23)9-16(22)20-15-8-12(19)5-4-11(15)2/h3-8H,9H2,1-2H3,(H,20,22). The molecule has 1 heterocycles. The summed E-state index contributed by atoms with van der Waals surface area (Å²) in [6.07, 6.45) is 0. The van der Waals surface area contributed by atoms with E-state index in [0.717, 1.165) is 16.0 Å². The molecule has 3 amide bonds. The topological polar surface area (TPSA) is 66.5 Å². The lowest BCUT2D eigenvalue weighted by Gasteiger charge is -2.14. The highest BCUT2D eigenvalue weighted by molar-refractivity contribution is 6.31. The average molecular weight is 343 g/mol. The maximum atomic E-state index is 12.4. The van der Waals surface area contributed by atoms with Crippen LogP contribution in [0.3, 0.4) is 0 Å². The molecule has 0 spiro atoms. The van der Waals surface area contributed by atoms with Gasteiger partial charge in [0.05, 0.1) is 11.1 Å². The molecule has 5 nitrogen and oxygen atoms in total. The van der Waals surface area contributed by atoms with Gasteiger partial charge >= 0.3 is 0 Å². The third-order valence-electron chi connectivity index (χ3n) is 3.90. The van der Waals surface area contributed by atoms with Gasteiger partial charge < -0.3 is 5.32 Å². The maximum Gasteiger partial charge on any atom is 0.262 e. The first kappa shape index (κ1) is 16.2. The highest BCUT2D eigenvalue weighted by atomic mass is 35.5. The Morgan fingerprint density at radius 1 is 1.04 bits per heavy atom. The van der Waals surface area contributed by atoms with Crippen LogP contribution in [0.25, 0.3) is 0 Å². The molecule has 0 fully saturated rings. The molecule has 0 aliphatic carbocycles. The minimum Gasteiger partial charge on any atom is -0.324 e. The highest BCUT2D eigenvalue weighted by Crippen LogP contribution is 2.24. The molecule has 0 bridgehead atoms. The van der Waals surface area contributed by atoms with Gasteiger partial charge in [0.25, 0.3) is 11.8 Å². The van der Waals surface area contributed by atoms with Crippen molar-refractivity contribution in [1.29, 1.82) is 0 Å². The van der Waals surface area contributed by atoms with Crippen LogP contribution in [-0.4, -0.2) is 29.2 Å². The van der Waals surface area contributed by atoms with Crippen LogP contribution in [-0.2, 0) is 4.79 Å². The third kappa shape index (κ3) is 2.90. The van der Waals surface area contributed by atoms with E-state index in [9.17, 15) is 14.4 Å². The number of aryl methyl sites for hydroxylation is 2. The summed E-state index contributed by atoms with van der Waals surface area (Å²) in [5.41, 5.74) is 2.95. The van der Waals surface area contributed by atoms with Crippen LogP contribution < -0.4 is 5.32 Å². The monoisotopic (exact) mass is 342 g/mol. The van der Waals surface area contributed by atoms with Gasteiger partial charge in [0, 0.05) is 10.7 Å². The number of carbonyl (C=O) groups is 3. The Morgan fingerprint density at radius 3 is 2.50 bits per heavy atom. The molecule has 2 aromatic rings. The van der Waals surface area contributed by atoms with Crippen molar-refractivity contribution in [2.24, 2.45) is 0 Å². The SMILES string of the molecule is Cc1ccc2c(c1)C(=O)N(CC(=O)Nc1cc(Cl)ccc1C)C2=O. The normalized spacial score (nSPS) is 13.2. The molecule has 1 aliphatic heterocycles. The number of halogens is 1. The van der Waals surface area contributed by atoms with Crippen molar-refractivity contribution >= 4 is 35.0 Å². The highest BCUT2D eigenvalue weighted by Gasteiger charge is 2.36. The largest absolute Gasteiger partial charge is 0.324 e. The lowest BCUT2D eigenvalue weighted by Crippen LogP contribution is -2.37. The van der Waals surface area contributed by atoms with Crippen LogP contribution in [0.1, 0.15) is 31.8 Å². The Balaban J connectivity index is 1.77. The number of hydrogen-bond donors (Lipinski definition) is 1. The molecular weight excluding hydrogens is 328 g/mol. The molecule has 0 radical (unpaired) electrons. The summed E-state index contributed by atoms with van der Waals surface area (Å²) in [6, 6.07) is 10.2. The summed E-state index contributed by atoms with van der Waals surface area (Å²) in [4.78, 5) is 37.9. The summed E-state index contributed by atoms with van der Waals surface area (Å²) in [5.74, 6) is -1.35. The number of nitrogens with one attached hydrogen (secondary N) is 1. The van der Waals surface area contributed by atoms with Crippen LogP contribution in [0.5, 0.6) is 0 Å². The van der Waals surface area contributed by atoms with E-state index < -0.39 is 17.7 Å². The second kappa shape index (κ2) is 6.09. The van der Waals surface area contributed by atoms with Crippen LogP contribution in [0.15, 0.2) is 36.4 Å². The van der Waals surface area contributed by atoms with Crippen molar-refractivity contribution in [3.05, 3.63) is 63.7 Å². The molecule has 0 aromatic heterocycles. The van der Waals surface area contributed by atoms with Gasteiger partial charge in [0.2, 0.25) is 5.91 Å². The van der Waals surface area contributed by atoms with Gasteiger partial charge in [-0.1, -0.05) is 29.3 Å². The van der Waals surface area contributed by atoms with Crippen molar-refractivity contribution in [1.82, 2.24) is 4.90 Å². The van der Waals surface area contributed by atoms with Crippen LogP contribution in [0.2, 0.25) is 5.02 Å². The molecule has 1 aliphatic rings. The molecule has 3 rings (SSSR count). The maximum absolute atomic E-state index is 12.4. The zero-order valence-corrected chi connectivity index (χ0v) is 14.0. The number of hydrogen-bond acceptors (Lipinski definition) is 3. The van der Waals surface area contributed by atoms with Crippen molar-refractivity contribution < 1.29 is 14.4 Å². The molecule has 0 atom stereocenters. The predicted molar refractivity (Wildman–Crippen MR) is 91.4 cm³/mol. The number of carbonyl (C=O) groups excluding carboxylic acids is 3. The zero-order chi connectivity index (χ0) is 17.4. The minimum atomic E-state index is -0.452. The smallest absolute Gasteiger partial charge is 0.262 e. The molecule has 24 heavy (non-hydrogen) atoms. The number of anilines is 1. The van der Waals surface area contributed by atoms with Gasteiger partial charge in [-0.25, -0.2) is 0 Å². The Labute approximate surface area is 144 Å². The van der Waals surface area contributed by atoms with E-state index in [0.29, 0.717) is 21.8 Å². The van der Waals surface area contributed by atoms with E-state index in [2.05, 4.69) is 5.32 Å². The van der Waals surface area contributed by atoms with Crippen LogP contribution in [0.4, 0.5) is 5.69 Å². The first-order valence-corrected chi connectivity index (χ1v) is 7.77. The van der Waals surface area contributed by atoms with Gasteiger partial charge in [-0.15, -0.1) is 0 Å². The molecule has 2 aromatic carbocycles. The number of nitrogens with zero attached hydrogens (tertiary/aromatic N) is 1. The number of rotatable bonds is 3. The summed E-state index contributed by atoms with van der Waals surface area (Å²) >= 11 is 5.92. The van der Waals surface area contributed by atoms with Gasteiger partial charge in [-0.2, -0.15) is 0 Å². The van der Waals surface area contributed by atoms with Crippen molar-refractivity contribution in [2.75, 3.05) is 11.9 Å². The van der Waals surface area contributed by atoms with Crippen LogP contribution >= 0.6 is 11.6 Å². The van der Waals surface area contributed by atoms with Gasteiger partial charge in [-0.05, 0) is 43.7 Å². The van der Waals surface area contributed by atoms with E-state index in [-0.39, 0.29) is 6.54 Å². The molecule has 1 N–H and O–H groups in total. The first-order chi connectivity index (χ1) is 11.4. The van der Waals surface area contributed by atoms with E-state index in [4.69, 9.17) is 11.6 Å². The van der Waals surface area contributed by atoms with Gasteiger partial charge in [0.15, 0.2) is 0 Å². The summed E-state index contributed by atoms with van der Waals surface area (Å²) in [5, 5.41) is 3.18. The fraction of sp³-hybridized carbons (Fsp3) is 0.167. The zero-order valence-electron chi connectivity index (χ0n) is 13.2. The quantitative estimate of drug-likeness (QED) is 0.871. The second-order valence-electron chi connectivity index (χ2n) is 5.75. The Bertz CT molecular complexity index is 877. The van der Waals surface area contributed by atoms with Gasteiger partial charge in [0.1, 0.15) is 6.54 Å². The fourth-order valence-corrected chi connectivity index (χ4v) is 2.78. The van der Waals surface area contributed by atoms with E-state index >= 15 is 0 Å².